The molecule has 2 aliphatic carbocycles. The van der Waals surface area contributed by atoms with Crippen molar-refractivity contribution in [1.29, 1.82) is 5.26 Å². The second-order valence-corrected chi connectivity index (χ2v) is 18.5. The van der Waals surface area contributed by atoms with Crippen molar-refractivity contribution in [3.63, 3.8) is 0 Å². The standard InChI is InChI=1S/C45H42F3N7O7S/c46-45(47,48)28-16-14-27(15-17-28)39-51-37-33-9-6-7-11-36(33)62-38(37)41(52-39)61-31-22-35-40(56)53-44(43(58)54-63(59,60)32-20-21-32)23-29(44)8-4-2-1-3-5-10-34(42(57)55(35)25-31)50-30-18-12-26(24-49)13-19-30/h4,6-9,11-19,29,31-32,34-35,50H,1-3,5,10,20-23,25H2,(H,53,56)(H,54,58)/b8-4-/t29-,31-,34+,35+,44-/m1/s1. The van der Waals surface area contributed by atoms with Gasteiger partial charge in [-0.1, -0.05) is 49.3 Å². The van der Waals surface area contributed by atoms with Gasteiger partial charge in [-0.05, 0) is 87.1 Å². The number of nitrogens with one attached hydrogen (secondary N) is 3. The molecule has 0 bridgehead atoms. The van der Waals surface area contributed by atoms with Crippen LogP contribution in [0.1, 0.15) is 68.9 Å². The Morgan fingerprint density at radius 1 is 0.984 bits per heavy atom. The molecule has 2 aromatic heterocycles. The Bertz CT molecular complexity index is 2790. The number of hydrogen-bond acceptors (Lipinski definition) is 11. The van der Waals surface area contributed by atoms with Gasteiger partial charge in [0, 0.05) is 29.0 Å². The van der Waals surface area contributed by atoms with Crippen molar-refractivity contribution in [3.05, 3.63) is 96.1 Å². The summed E-state index contributed by atoms with van der Waals surface area (Å²) in [5, 5.41) is 15.5. The van der Waals surface area contributed by atoms with Crippen molar-refractivity contribution in [2.75, 3.05) is 11.9 Å². The molecule has 1 saturated heterocycles. The molecule has 3 amide bonds. The third kappa shape index (κ3) is 8.53. The van der Waals surface area contributed by atoms with Crippen LogP contribution in [0.2, 0.25) is 0 Å². The minimum Gasteiger partial charge on any atom is -0.470 e. The van der Waals surface area contributed by atoms with E-state index in [1.165, 1.54) is 17.0 Å². The zero-order valence-electron chi connectivity index (χ0n) is 33.7. The number of nitrogens with zero attached hydrogens (tertiary/aromatic N) is 4. The maximum atomic E-state index is 14.9. The van der Waals surface area contributed by atoms with Crippen LogP contribution in [0.3, 0.4) is 0 Å². The smallest absolute Gasteiger partial charge is 0.416 e. The summed E-state index contributed by atoms with van der Waals surface area (Å²) in [6, 6.07) is 18.1. The molecule has 0 radical (unpaired) electrons. The zero-order chi connectivity index (χ0) is 44.1. The number of fused-ring (bicyclic) bond motifs is 5. The van der Waals surface area contributed by atoms with Crippen molar-refractivity contribution in [1.82, 2.24) is 24.9 Å². The fourth-order valence-electron chi connectivity index (χ4n) is 8.43. The van der Waals surface area contributed by atoms with Gasteiger partial charge in [0.05, 0.1) is 29.0 Å². The molecule has 9 rings (SSSR count). The summed E-state index contributed by atoms with van der Waals surface area (Å²) in [6.45, 7) is -0.123. The Kier molecular flexibility index (Phi) is 10.8. The summed E-state index contributed by atoms with van der Waals surface area (Å²) < 4.78 is 81.3. The lowest BCUT2D eigenvalue weighted by Gasteiger charge is -2.30. The van der Waals surface area contributed by atoms with Gasteiger partial charge in [0.1, 0.15) is 34.8 Å². The first-order valence-corrected chi connectivity index (χ1v) is 22.4. The first-order chi connectivity index (χ1) is 30.2. The topological polar surface area (TPSA) is 197 Å². The summed E-state index contributed by atoms with van der Waals surface area (Å²) in [4.78, 5) is 54.1. The van der Waals surface area contributed by atoms with E-state index in [0.717, 1.165) is 25.0 Å². The number of halogens is 3. The monoisotopic (exact) mass is 881 g/mol. The number of nitriles is 1. The van der Waals surface area contributed by atoms with Gasteiger partial charge in [-0.2, -0.15) is 23.4 Å². The summed E-state index contributed by atoms with van der Waals surface area (Å²) in [5.74, 6) is -2.45. The van der Waals surface area contributed by atoms with Gasteiger partial charge in [0.2, 0.25) is 27.4 Å². The number of para-hydroxylation sites is 1. The van der Waals surface area contributed by atoms with Crippen LogP contribution in [0.25, 0.3) is 33.5 Å². The van der Waals surface area contributed by atoms with E-state index in [1.54, 1.807) is 48.5 Å². The van der Waals surface area contributed by atoms with Crippen molar-refractivity contribution < 1.29 is 45.1 Å². The Hall–Kier alpha value is -6.48. The maximum absolute atomic E-state index is 14.9. The number of anilines is 1. The van der Waals surface area contributed by atoms with Crippen molar-refractivity contribution in [2.24, 2.45) is 5.92 Å². The fraction of sp³-hybridized carbons (Fsp3) is 0.378. The summed E-state index contributed by atoms with van der Waals surface area (Å²) >= 11 is 0. The zero-order valence-corrected chi connectivity index (χ0v) is 34.5. The molecule has 18 heteroatoms. The molecule has 2 aliphatic heterocycles. The van der Waals surface area contributed by atoms with Gasteiger partial charge in [0.15, 0.2) is 5.82 Å². The first kappa shape index (κ1) is 41.9. The van der Waals surface area contributed by atoms with Crippen LogP contribution in [-0.4, -0.2) is 76.5 Å². The van der Waals surface area contributed by atoms with Crippen LogP contribution >= 0.6 is 0 Å². The molecule has 3 N–H and O–H groups in total. The minimum absolute atomic E-state index is 0.0491. The number of benzene rings is 3. The van der Waals surface area contributed by atoms with E-state index in [0.29, 0.717) is 59.8 Å². The Labute approximate surface area is 359 Å². The highest BCUT2D eigenvalue weighted by Crippen LogP contribution is 2.46. The Morgan fingerprint density at radius 2 is 1.75 bits per heavy atom. The Morgan fingerprint density at radius 3 is 2.48 bits per heavy atom. The molecular formula is C45H42F3N7O7S. The SMILES string of the molecule is N#Cc1ccc(N[C@H]2CCCCC/C=C\[C@@H]3C[C@@]3(C(=O)NS(=O)(=O)C3CC3)NC(=O)[C@@H]3C[C@@H](Oc4nc(-c5ccc(C(F)(F)F)cc5)nc5c4oc4ccccc45)CN3C2=O)cc1. The van der Waals surface area contributed by atoms with Gasteiger partial charge in [-0.15, -0.1) is 0 Å². The third-order valence-corrected chi connectivity index (χ3v) is 14.0. The van der Waals surface area contributed by atoms with E-state index in [2.05, 4.69) is 31.4 Å². The molecule has 5 aromatic rings. The molecule has 3 fully saturated rings. The van der Waals surface area contributed by atoms with Gasteiger partial charge >= 0.3 is 6.18 Å². The van der Waals surface area contributed by atoms with Crippen LogP contribution in [0, 0.1) is 17.2 Å². The highest BCUT2D eigenvalue weighted by molar-refractivity contribution is 7.91. The molecule has 4 aliphatic rings. The molecule has 3 aromatic carbocycles. The highest BCUT2D eigenvalue weighted by Gasteiger charge is 2.62. The van der Waals surface area contributed by atoms with E-state index in [9.17, 15) is 41.2 Å². The lowest BCUT2D eigenvalue weighted by Crippen LogP contribution is -2.57. The second kappa shape index (κ2) is 16.3. The largest absolute Gasteiger partial charge is 0.470 e. The average Bonchev–Trinajstić information content (AvgIpc) is 4.17. The van der Waals surface area contributed by atoms with Crippen LogP contribution in [0.4, 0.5) is 18.9 Å². The van der Waals surface area contributed by atoms with E-state index in [1.807, 2.05) is 12.2 Å². The molecule has 2 saturated carbocycles. The van der Waals surface area contributed by atoms with E-state index >= 15 is 0 Å². The molecule has 5 atom stereocenters. The van der Waals surface area contributed by atoms with E-state index in [-0.39, 0.29) is 42.2 Å². The number of rotatable bonds is 8. The van der Waals surface area contributed by atoms with Crippen LogP contribution in [0.15, 0.2) is 89.4 Å². The summed E-state index contributed by atoms with van der Waals surface area (Å²) in [6.07, 6.45) is 2.54. The fourth-order valence-corrected chi connectivity index (χ4v) is 9.79. The van der Waals surface area contributed by atoms with Crippen molar-refractivity contribution >= 4 is 55.5 Å². The lowest BCUT2D eigenvalue weighted by atomic mass is 10.0. The molecule has 0 spiro atoms. The number of aromatic nitrogens is 2. The minimum atomic E-state index is -4.56. The van der Waals surface area contributed by atoms with E-state index < -0.39 is 74.4 Å². The number of hydrogen-bond donors (Lipinski definition) is 3. The summed E-state index contributed by atoms with van der Waals surface area (Å²) in [7, 11) is -3.96. The number of amides is 3. The quantitative estimate of drug-likeness (QED) is 0.139. The van der Waals surface area contributed by atoms with Gasteiger partial charge in [-0.25, -0.2) is 13.4 Å². The summed E-state index contributed by atoms with van der Waals surface area (Å²) in [5.41, 5.74) is -0.212. The lowest BCUT2D eigenvalue weighted by molar-refractivity contribution is -0.140. The number of carbonyl (C=O) groups is 3. The molecule has 4 heterocycles. The molecule has 0 unspecified atom stereocenters. The number of allylic oxidation sites excluding steroid dienone is 1. The van der Waals surface area contributed by atoms with Crippen molar-refractivity contribution in [2.45, 2.75) is 92.9 Å². The molecule has 326 valence electrons. The van der Waals surface area contributed by atoms with Gasteiger partial charge in [-0.3, -0.25) is 19.1 Å². The predicted octanol–water partition coefficient (Wildman–Crippen LogP) is 6.77. The first-order valence-electron chi connectivity index (χ1n) is 20.9. The highest BCUT2D eigenvalue weighted by atomic mass is 32.2. The average molecular weight is 882 g/mol. The number of sulfonamides is 1. The predicted molar refractivity (Wildman–Crippen MR) is 224 cm³/mol. The molecular weight excluding hydrogens is 840 g/mol. The number of furan rings is 1. The van der Waals surface area contributed by atoms with Crippen LogP contribution in [0.5, 0.6) is 5.88 Å². The number of ether oxygens (including phenoxy) is 1. The van der Waals surface area contributed by atoms with Gasteiger partial charge < -0.3 is 24.7 Å². The van der Waals surface area contributed by atoms with Crippen molar-refractivity contribution in [3.8, 4) is 23.3 Å². The van der Waals surface area contributed by atoms with Gasteiger partial charge in [0.25, 0.3) is 11.8 Å². The van der Waals surface area contributed by atoms with Crippen LogP contribution < -0.4 is 20.1 Å². The number of alkyl halides is 3. The van der Waals surface area contributed by atoms with Crippen LogP contribution in [-0.2, 0) is 30.6 Å². The third-order valence-electron chi connectivity index (χ3n) is 12.1. The normalized spacial score (nSPS) is 24.9. The molecule has 63 heavy (non-hydrogen) atoms. The maximum Gasteiger partial charge on any atom is 0.416 e. The molecule has 14 nitrogen and oxygen atoms in total. The Balaban J connectivity index is 1.07. The van der Waals surface area contributed by atoms with E-state index in [4.69, 9.17) is 9.15 Å². The number of carbonyl (C=O) groups excluding carboxylic acids is 3. The second-order valence-electron chi connectivity index (χ2n) is 16.6.